The fourth-order valence-corrected chi connectivity index (χ4v) is 3.89. The fourth-order valence-electron chi connectivity index (χ4n) is 3.89. The molecule has 0 amide bonds. The van der Waals surface area contributed by atoms with Crippen LogP contribution in [0.15, 0.2) is 36.4 Å². The van der Waals surface area contributed by atoms with Crippen molar-refractivity contribution in [3.8, 4) is 5.75 Å². The average Bonchev–Trinajstić information content (AvgIpc) is 2.72. The van der Waals surface area contributed by atoms with Crippen LogP contribution in [0, 0.1) is 5.82 Å². The predicted octanol–water partition coefficient (Wildman–Crippen LogP) is 5.06. The van der Waals surface area contributed by atoms with Gasteiger partial charge in [0.2, 0.25) is 0 Å². The van der Waals surface area contributed by atoms with Gasteiger partial charge in [-0.25, -0.2) is 4.39 Å². The van der Waals surface area contributed by atoms with E-state index in [2.05, 4.69) is 30.0 Å². The van der Waals surface area contributed by atoms with Crippen molar-refractivity contribution in [2.45, 2.75) is 52.6 Å². The monoisotopic (exact) mass is 399 g/mol. The van der Waals surface area contributed by atoms with Gasteiger partial charge in [0, 0.05) is 36.8 Å². The van der Waals surface area contributed by atoms with Crippen LogP contribution in [0.25, 0.3) is 0 Å². The molecule has 2 aromatic carbocycles. The van der Waals surface area contributed by atoms with Gasteiger partial charge in [0.05, 0.1) is 6.61 Å². The average molecular weight is 400 g/mol. The number of ether oxygens (including phenoxy) is 2. The van der Waals surface area contributed by atoms with Crippen molar-refractivity contribution < 1.29 is 18.7 Å². The molecule has 1 aliphatic heterocycles. The number of fused-ring (bicyclic) bond motifs is 1. The quantitative estimate of drug-likeness (QED) is 0.552. The lowest BCUT2D eigenvalue weighted by molar-refractivity contribution is -0.143. The van der Waals surface area contributed by atoms with E-state index in [9.17, 15) is 9.18 Å². The van der Waals surface area contributed by atoms with E-state index in [0.29, 0.717) is 30.9 Å². The van der Waals surface area contributed by atoms with Crippen molar-refractivity contribution in [3.05, 3.63) is 58.9 Å². The number of esters is 1. The summed E-state index contributed by atoms with van der Waals surface area (Å²) < 4.78 is 25.2. The van der Waals surface area contributed by atoms with E-state index in [0.717, 1.165) is 31.5 Å². The maximum atomic E-state index is 14.4. The van der Waals surface area contributed by atoms with E-state index in [4.69, 9.17) is 9.47 Å². The predicted molar refractivity (Wildman–Crippen MR) is 113 cm³/mol. The first kappa shape index (κ1) is 21.2. The van der Waals surface area contributed by atoms with Gasteiger partial charge in [0.1, 0.15) is 18.2 Å². The Kier molecular flexibility index (Phi) is 7.50. The number of halogens is 1. The third kappa shape index (κ3) is 5.49. The highest BCUT2D eigenvalue weighted by Gasteiger charge is 2.19. The first-order chi connectivity index (χ1) is 14.1. The lowest BCUT2D eigenvalue weighted by Crippen LogP contribution is -2.31. The zero-order valence-corrected chi connectivity index (χ0v) is 17.4. The minimum Gasteiger partial charge on any atom is -0.489 e. The van der Waals surface area contributed by atoms with Gasteiger partial charge in [-0.2, -0.15) is 0 Å². The number of carbonyl (C=O) groups is 1. The summed E-state index contributed by atoms with van der Waals surface area (Å²) in [5.74, 6) is -0.162. The summed E-state index contributed by atoms with van der Waals surface area (Å²) in [7, 11) is 0. The number of aryl methyl sites for hydroxylation is 2. The summed E-state index contributed by atoms with van der Waals surface area (Å²) in [6.45, 7) is 6.81. The smallest absolute Gasteiger partial charge is 0.306 e. The number of hydrogen-bond donors (Lipinski definition) is 0. The standard InChI is InChI=1S/C24H30FNO3/c1-3-14-26-15-6-9-19-7-5-8-20(24(19)26)17-29-21-12-10-18(22(25)16-21)11-13-23(27)28-4-2/h5,7-8,10,12,16H,3-4,6,9,11,13-15,17H2,1-2H3. The number of hydrogen-bond acceptors (Lipinski definition) is 4. The van der Waals surface area contributed by atoms with Crippen LogP contribution in [0.1, 0.15) is 49.8 Å². The molecule has 29 heavy (non-hydrogen) atoms. The Morgan fingerprint density at radius 1 is 1.17 bits per heavy atom. The molecule has 0 aliphatic carbocycles. The van der Waals surface area contributed by atoms with E-state index >= 15 is 0 Å². The lowest BCUT2D eigenvalue weighted by Gasteiger charge is -2.33. The third-order valence-corrected chi connectivity index (χ3v) is 5.21. The van der Waals surface area contributed by atoms with Crippen molar-refractivity contribution in [1.82, 2.24) is 0 Å². The van der Waals surface area contributed by atoms with Gasteiger partial charge in [-0.3, -0.25) is 4.79 Å². The molecule has 0 bridgehead atoms. The molecule has 5 heteroatoms. The second-order valence-electron chi connectivity index (χ2n) is 7.36. The highest BCUT2D eigenvalue weighted by molar-refractivity contribution is 5.69. The highest BCUT2D eigenvalue weighted by atomic mass is 19.1. The van der Waals surface area contributed by atoms with E-state index in [-0.39, 0.29) is 18.2 Å². The van der Waals surface area contributed by atoms with Gasteiger partial charge in [-0.05, 0) is 49.8 Å². The van der Waals surface area contributed by atoms with Gasteiger partial charge in [-0.15, -0.1) is 0 Å². The molecule has 156 valence electrons. The van der Waals surface area contributed by atoms with Gasteiger partial charge in [-0.1, -0.05) is 31.2 Å². The minimum absolute atomic E-state index is 0.175. The normalized spacial score (nSPS) is 13.1. The SMILES string of the molecule is CCCN1CCCc2cccc(COc3ccc(CCC(=O)OCC)c(F)c3)c21. The maximum absolute atomic E-state index is 14.4. The van der Waals surface area contributed by atoms with Crippen molar-refractivity contribution in [1.29, 1.82) is 0 Å². The molecule has 0 saturated heterocycles. The molecule has 1 heterocycles. The second-order valence-corrected chi connectivity index (χ2v) is 7.36. The number of nitrogens with zero attached hydrogens (tertiary/aromatic N) is 1. The summed E-state index contributed by atoms with van der Waals surface area (Å²) in [4.78, 5) is 13.9. The lowest BCUT2D eigenvalue weighted by atomic mass is 9.97. The Hall–Kier alpha value is -2.56. The van der Waals surface area contributed by atoms with E-state index in [1.165, 1.54) is 23.7 Å². The molecular formula is C24H30FNO3. The van der Waals surface area contributed by atoms with Crippen molar-refractivity contribution in [3.63, 3.8) is 0 Å². The van der Waals surface area contributed by atoms with E-state index in [1.54, 1.807) is 19.1 Å². The molecule has 0 aromatic heterocycles. The molecule has 0 N–H and O–H groups in total. The van der Waals surface area contributed by atoms with E-state index < -0.39 is 0 Å². The summed E-state index contributed by atoms with van der Waals surface area (Å²) >= 11 is 0. The van der Waals surface area contributed by atoms with Gasteiger partial charge in [0.25, 0.3) is 0 Å². The van der Waals surface area contributed by atoms with Crippen LogP contribution in [0.3, 0.4) is 0 Å². The summed E-state index contributed by atoms with van der Waals surface area (Å²) in [6, 6.07) is 11.2. The molecule has 0 radical (unpaired) electrons. The molecule has 1 aliphatic rings. The van der Waals surface area contributed by atoms with Crippen LogP contribution in [-0.4, -0.2) is 25.7 Å². The van der Waals surface area contributed by atoms with Crippen LogP contribution >= 0.6 is 0 Å². The third-order valence-electron chi connectivity index (χ3n) is 5.21. The number of para-hydroxylation sites is 1. The van der Waals surface area contributed by atoms with Gasteiger partial charge < -0.3 is 14.4 Å². The first-order valence-corrected chi connectivity index (χ1v) is 10.5. The topological polar surface area (TPSA) is 38.8 Å². The molecule has 0 atom stereocenters. The zero-order valence-electron chi connectivity index (χ0n) is 17.4. The molecule has 0 fully saturated rings. The van der Waals surface area contributed by atoms with Gasteiger partial charge in [0.15, 0.2) is 0 Å². The van der Waals surface area contributed by atoms with E-state index in [1.807, 2.05) is 0 Å². The highest BCUT2D eigenvalue weighted by Crippen LogP contribution is 2.32. The molecule has 2 aromatic rings. The van der Waals surface area contributed by atoms with Crippen LogP contribution in [0.2, 0.25) is 0 Å². The summed E-state index contributed by atoms with van der Waals surface area (Å²) in [5, 5.41) is 0. The summed E-state index contributed by atoms with van der Waals surface area (Å²) in [5.41, 5.74) is 4.29. The molecule has 4 nitrogen and oxygen atoms in total. The zero-order chi connectivity index (χ0) is 20.6. The van der Waals surface area contributed by atoms with Crippen LogP contribution in [-0.2, 0) is 29.0 Å². The fraction of sp³-hybridized carbons (Fsp3) is 0.458. The Bertz CT molecular complexity index is 837. The van der Waals surface area contributed by atoms with Gasteiger partial charge >= 0.3 is 5.97 Å². The molecule has 0 saturated carbocycles. The van der Waals surface area contributed by atoms with Crippen molar-refractivity contribution in [2.75, 3.05) is 24.6 Å². The Morgan fingerprint density at radius 3 is 2.79 bits per heavy atom. The number of benzene rings is 2. The molecule has 0 spiro atoms. The largest absolute Gasteiger partial charge is 0.489 e. The van der Waals surface area contributed by atoms with Crippen LogP contribution in [0.4, 0.5) is 10.1 Å². The Balaban J connectivity index is 1.66. The number of anilines is 1. The van der Waals surface area contributed by atoms with Crippen LogP contribution < -0.4 is 9.64 Å². The number of rotatable bonds is 9. The minimum atomic E-state index is -0.352. The van der Waals surface area contributed by atoms with Crippen molar-refractivity contribution in [2.24, 2.45) is 0 Å². The second kappa shape index (κ2) is 10.3. The maximum Gasteiger partial charge on any atom is 0.306 e. The van der Waals surface area contributed by atoms with Crippen LogP contribution in [0.5, 0.6) is 5.75 Å². The Morgan fingerprint density at radius 2 is 2.03 bits per heavy atom. The van der Waals surface area contributed by atoms with Crippen molar-refractivity contribution >= 4 is 11.7 Å². The molecule has 0 unspecified atom stereocenters. The Labute approximate surface area is 172 Å². The number of carbonyl (C=O) groups excluding carboxylic acids is 1. The molecular weight excluding hydrogens is 369 g/mol. The summed E-state index contributed by atoms with van der Waals surface area (Å²) in [6.07, 6.45) is 3.87. The first-order valence-electron chi connectivity index (χ1n) is 10.5. The molecule has 3 rings (SSSR count).